The fraction of sp³-hybridized carbons (Fsp3) is 0.143. The quantitative estimate of drug-likeness (QED) is 0.861. The number of carboxylic acids is 1. The highest BCUT2D eigenvalue weighted by molar-refractivity contribution is 5.69. The van der Waals surface area contributed by atoms with E-state index in [1.165, 1.54) is 5.56 Å². The highest BCUT2D eigenvalue weighted by Crippen LogP contribution is 1.93. The smallest absolute Gasteiger partial charge is 0.309 e. The number of carboxylic acid groups (broad SMARTS) is 1. The van der Waals surface area contributed by atoms with Gasteiger partial charge < -0.3 is 5.11 Å². The van der Waals surface area contributed by atoms with Crippen molar-refractivity contribution in [2.24, 2.45) is 0 Å². The van der Waals surface area contributed by atoms with Crippen molar-refractivity contribution in [3.63, 3.8) is 0 Å². The van der Waals surface area contributed by atoms with Crippen LogP contribution in [0.3, 0.4) is 0 Å². The number of benzene rings is 1. The molecule has 0 saturated heterocycles. The number of nitrogens with zero attached hydrogens (tertiary/aromatic N) is 1. The minimum atomic E-state index is -0.848. The molecule has 17 heavy (non-hydrogen) atoms. The second-order valence-electron chi connectivity index (χ2n) is 3.55. The molecule has 3 heteroatoms. The second-order valence-corrected chi connectivity index (χ2v) is 3.55. The Morgan fingerprint density at radius 3 is 2.18 bits per heavy atom. The van der Waals surface area contributed by atoms with Gasteiger partial charge >= 0.3 is 5.97 Å². The first-order valence-corrected chi connectivity index (χ1v) is 5.32. The molecule has 0 aliphatic rings. The van der Waals surface area contributed by atoms with Gasteiger partial charge in [0.05, 0.1) is 12.1 Å². The summed E-state index contributed by atoms with van der Waals surface area (Å²) in [5, 5.41) is 8.33. The molecule has 0 atom stereocenters. The molecule has 0 aliphatic heterocycles. The molecule has 1 N–H and O–H groups in total. The first-order chi connectivity index (χ1) is 8.18. The van der Waals surface area contributed by atoms with Gasteiger partial charge in [-0.15, -0.1) is 0 Å². The van der Waals surface area contributed by atoms with Gasteiger partial charge in [0.1, 0.15) is 0 Å². The van der Waals surface area contributed by atoms with Crippen molar-refractivity contribution >= 4 is 5.97 Å². The third kappa shape index (κ3) is 6.10. The fourth-order valence-corrected chi connectivity index (χ4v) is 1.19. The van der Waals surface area contributed by atoms with Gasteiger partial charge in [0.2, 0.25) is 0 Å². The van der Waals surface area contributed by atoms with Gasteiger partial charge in [-0.1, -0.05) is 42.0 Å². The molecule has 0 unspecified atom stereocenters. The zero-order valence-electron chi connectivity index (χ0n) is 9.71. The summed E-state index contributed by atoms with van der Waals surface area (Å²) in [7, 11) is 0. The Balaban J connectivity index is 0.000000181. The highest BCUT2D eigenvalue weighted by atomic mass is 16.4. The second kappa shape index (κ2) is 7.17. The summed E-state index contributed by atoms with van der Waals surface area (Å²) >= 11 is 0. The van der Waals surface area contributed by atoms with Gasteiger partial charge in [0.15, 0.2) is 0 Å². The van der Waals surface area contributed by atoms with E-state index in [4.69, 9.17) is 5.11 Å². The van der Waals surface area contributed by atoms with Crippen molar-refractivity contribution < 1.29 is 9.90 Å². The number of carbonyl (C=O) groups is 1. The molecule has 1 aromatic heterocycles. The van der Waals surface area contributed by atoms with E-state index in [1.807, 2.05) is 18.2 Å². The van der Waals surface area contributed by atoms with Crippen LogP contribution in [0.15, 0.2) is 54.7 Å². The normalized spacial score (nSPS) is 9.00. The Morgan fingerprint density at radius 2 is 1.76 bits per heavy atom. The maximum Gasteiger partial charge on any atom is 0.309 e. The largest absolute Gasteiger partial charge is 0.481 e. The standard InChI is InChI=1S/C7H7NO2.C7H8/c9-7(10)5-6-3-1-2-4-8-6;1-7-5-3-2-4-6-7/h1-4H,5H2,(H,9,10);2-6H,1H3. The van der Waals surface area contributed by atoms with E-state index in [0.29, 0.717) is 5.69 Å². The van der Waals surface area contributed by atoms with Crippen molar-refractivity contribution in [3.8, 4) is 0 Å². The first kappa shape index (κ1) is 12.9. The number of aromatic nitrogens is 1. The van der Waals surface area contributed by atoms with Crippen LogP contribution in [0.4, 0.5) is 0 Å². The number of aryl methyl sites for hydroxylation is 1. The average molecular weight is 229 g/mol. The van der Waals surface area contributed by atoms with Gasteiger partial charge in [-0.3, -0.25) is 9.78 Å². The Bertz CT molecular complexity index is 440. The summed E-state index contributed by atoms with van der Waals surface area (Å²) in [4.78, 5) is 14.0. The minimum absolute atomic E-state index is 0.000833. The van der Waals surface area contributed by atoms with Crippen LogP contribution in [0.2, 0.25) is 0 Å². The maximum absolute atomic E-state index is 10.1. The molecule has 1 aromatic carbocycles. The zero-order chi connectivity index (χ0) is 12.5. The lowest BCUT2D eigenvalue weighted by molar-refractivity contribution is -0.136. The molecule has 0 fully saturated rings. The third-order valence-electron chi connectivity index (χ3n) is 2.00. The maximum atomic E-state index is 10.1. The molecule has 0 saturated carbocycles. The van der Waals surface area contributed by atoms with Gasteiger partial charge in [-0.2, -0.15) is 0 Å². The van der Waals surface area contributed by atoms with E-state index in [1.54, 1.807) is 24.4 Å². The molecule has 88 valence electrons. The Morgan fingerprint density at radius 1 is 1.12 bits per heavy atom. The number of hydrogen-bond acceptors (Lipinski definition) is 2. The van der Waals surface area contributed by atoms with Gasteiger partial charge in [-0.25, -0.2) is 0 Å². The molecule has 1 heterocycles. The van der Waals surface area contributed by atoms with E-state index >= 15 is 0 Å². The van der Waals surface area contributed by atoms with Crippen LogP contribution in [0.5, 0.6) is 0 Å². The van der Waals surface area contributed by atoms with Crippen molar-refractivity contribution in [3.05, 3.63) is 66.0 Å². The van der Waals surface area contributed by atoms with Crippen molar-refractivity contribution in [2.45, 2.75) is 13.3 Å². The summed E-state index contributed by atoms with van der Waals surface area (Å²) in [6, 6.07) is 15.5. The van der Waals surface area contributed by atoms with E-state index in [2.05, 4.69) is 24.0 Å². The highest BCUT2D eigenvalue weighted by Gasteiger charge is 1.98. The van der Waals surface area contributed by atoms with Crippen LogP contribution in [0.25, 0.3) is 0 Å². The summed E-state index contributed by atoms with van der Waals surface area (Å²) in [5.41, 5.74) is 1.91. The number of hydrogen-bond donors (Lipinski definition) is 1. The molecule has 0 spiro atoms. The number of rotatable bonds is 2. The Kier molecular flexibility index (Phi) is 5.44. The molecule has 3 nitrogen and oxygen atoms in total. The van der Waals surface area contributed by atoms with E-state index < -0.39 is 5.97 Å². The van der Waals surface area contributed by atoms with Gasteiger partial charge in [-0.05, 0) is 19.1 Å². The molecule has 0 amide bonds. The minimum Gasteiger partial charge on any atom is -0.481 e. The SMILES string of the molecule is Cc1ccccc1.O=C(O)Cc1ccccn1. The summed E-state index contributed by atoms with van der Waals surface area (Å²) in [6.45, 7) is 2.08. The zero-order valence-corrected chi connectivity index (χ0v) is 9.71. The predicted molar refractivity (Wildman–Crippen MR) is 66.8 cm³/mol. The number of aliphatic carboxylic acids is 1. The topological polar surface area (TPSA) is 50.2 Å². The van der Waals surface area contributed by atoms with Crippen LogP contribution in [0, 0.1) is 6.92 Å². The molecule has 0 radical (unpaired) electrons. The van der Waals surface area contributed by atoms with Crippen LogP contribution < -0.4 is 0 Å². The van der Waals surface area contributed by atoms with Crippen LogP contribution >= 0.6 is 0 Å². The molecule has 2 aromatic rings. The molecule has 0 aliphatic carbocycles. The lowest BCUT2D eigenvalue weighted by atomic mass is 10.2. The van der Waals surface area contributed by atoms with Crippen LogP contribution in [-0.2, 0) is 11.2 Å². The Hall–Kier alpha value is -2.16. The van der Waals surface area contributed by atoms with E-state index in [9.17, 15) is 4.79 Å². The van der Waals surface area contributed by atoms with Crippen molar-refractivity contribution in [1.82, 2.24) is 4.98 Å². The predicted octanol–water partition coefficient (Wildman–Crippen LogP) is 2.70. The Labute approximate surface area is 101 Å². The summed E-state index contributed by atoms with van der Waals surface area (Å²) in [6.07, 6.45) is 1.58. The molecular formula is C14H15NO2. The van der Waals surface area contributed by atoms with Crippen molar-refractivity contribution in [1.29, 1.82) is 0 Å². The number of pyridine rings is 1. The van der Waals surface area contributed by atoms with E-state index in [-0.39, 0.29) is 6.42 Å². The lowest BCUT2D eigenvalue weighted by Crippen LogP contribution is -2.01. The molecule has 0 bridgehead atoms. The summed E-state index contributed by atoms with van der Waals surface area (Å²) in [5.74, 6) is -0.848. The fourth-order valence-electron chi connectivity index (χ4n) is 1.19. The van der Waals surface area contributed by atoms with Crippen molar-refractivity contribution in [2.75, 3.05) is 0 Å². The third-order valence-corrected chi connectivity index (χ3v) is 2.00. The average Bonchev–Trinajstić information content (AvgIpc) is 2.31. The first-order valence-electron chi connectivity index (χ1n) is 5.32. The van der Waals surface area contributed by atoms with Crippen LogP contribution in [-0.4, -0.2) is 16.1 Å². The van der Waals surface area contributed by atoms with Crippen LogP contribution in [0.1, 0.15) is 11.3 Å². The summed E-state index contributed by atoms with van der Waals surface area (Å²) < 4.78 is 0. The van der Waals surface area contributed by atoms with Gasteiger partial charge in [0, 0.05) is 6.20 Å². The van der Waals surface area contributed by atoms with Gasteiger partial charge in [0.25, 0.3) is 0 Å². The monoisotopic (exact) mass is 229 g/mol. The lowest BCUT2D eigenvalue weighted by Gasteiger charge is -1.91. The van der Waals surface area contributed by atoms with E-state index in [0.717, 1.165) is 0 Å². The molecule has 2 rings (SSSR count). The molecular weight excluding hydrogens is 214 g/mol.